The Bertz CT molecular complexity index is 515. The van der Waals surface area contributed by atoms with Crippen LogP contribution >= 0.6 is 38.9 Å². The summed E-state index contributed by atoms with van der Waals surface area (Å²) in [5.74, 6) is 0.793. The van der Waals surface area contributed by atoms with Crippen molar-refractivity contribution in [3.8, 4) is 5.75 Å². The molecule has 0 unspecified atom stereocenters. The van der Waals surface area contributed by atoms with E-state index in [0.717, 1.165) is 20.7 Å². The fraction of sp³-hybridized carbons (Fsp3) is 0.167. The lowest BCUT2D eigenvalue weighted by Gasteiger charge is -2.09. The van der Waals surface area contributed by atoms with Gasteiger partial charge in [0.25, 0.3) is 0 Å². The Morgan fingerprint density at radius 3 is 2.82 bits per heavy atom. The Labute approximate surface area is 117 Å². The first-order valence-electron chi connectivity index (χ1n) is 5.03. The number of ether oxygens (including phenoxy) is 1. The number of halogens is 2. The summed E-state index contributed by atoms with van der Waals surface area (Å²) in [6.45, 7) is 0.967. The molecule has 0 spiro atoms. The molecule has 0 radical (unpaired) electrons. The van der Waals surface area contributed by atoms with Crippen LogP contribution in [-0.4, -0.2) is 0 Å². The van der Waals surface area contributed by atoms with Crippen LogP contribution in [0.1, 0.15) is 10.4 Å². The van der Waals surface area contributed by atoms with Crippen molar-refractivity contribution in [3.05, 3.63) is 49.6 Å². The van der Waals surface area contributed by atoms with E-state index in [2.05, 4.69) is 15.9 Å². The van der Waals surface area contributed by atoms with Crippen LogP contribution in [0, 0.1) is 0 Å². The molecule has 2 N–H and O–H groups in total. The van der Waals surface area contributed by atoms with Gasteiger partial charge in [-0.3, -0.25) is 0 Å². The second kappa shape index (κ2) is 5.87. The van der Waals surface area contributed by atoms with Gasteiger partial charge in [0, 0.05) is 31.9 Å². The first kappa shape index (κ1) is 12.9. The molecule has 1 aromatic heterocycles. The maximum Gasteiger partial charge on any atom is 0.124 e. The smallest absolute Gasteiger partial charge is 0.124 e. The minimum Gasteiger partial charge on any atom is -0.488 e. The van der Waals surface area contributed by atoms with Crippen LogP contribution in [0.4, 0.5) is 0 Å². The topological polar surface area (TPSA) is 35.2 Å². The van der Waals surface area contributed by atoms with Crippen molar-refractivity contribution < 1.29 is 4.74 Å². The molecule has 0 aliphatic heterocycles. The average Bonchev–Trinajstić information content (AvgIpc) is 2.73. The van der Waals surface area contributed by atoms with Crippen molar-refractivity contribution in [2.75, 3.05) is 0 Å². The van der Waals surface area contributed by atoms with E-state index in [-0.39, 0.29) is 0 Å². The third kappa shape index (κ3) is 3.45. The predicted molar refractivity (Wildman–Crippen MR) is 75.7 cm³/mol. The largest absolute Gasteiger partial charge is 0.488 e. The lowest BCUT2D eigenvalue weighted by molar-refractivity contribution is 0.306. The normalized spacial score (nSPS) is 10.5. The summed E-state index contributed by atoms with van der Waals surface area (Å²) in [6.07, 6.45) is 0. The molecule has 1 aromatic carbocycles. The second-order valence-corrected chi connectivity index (χ2v) is 5.82. The van der Waals surface area contributed by atoms with Crippen LogP contribution in [0.15, 0.2) is 34.1 Å². The Balaban J connectivity index is 2.08. The number of hydrogen-bond donors (Lipinski definition) is 1. The van der Waals surface area contributed by atoms with Crippen LogP contribution in [0.25, 0.3) is 0 Å². The van der Waals surface area contributed by atoms with Crippen molar-refractivity contribution in [1.29, 1.82) is 0 Å². The molecule has 0 amide bonds. The third-order valence-corrected chi connectivity index (χ3v) is 4.14. The molecule has 2 nitrogen and oxygen atoms in total. The van der Waals surface area contributed by atoms with Gasteiger partial charge in [0.15, 0.2) is 0 Å². The summed E-state index contributed by atoms with van der Waals surface area (Å²) < 4.78 is 6.81. The van der Waals surface area contributed by atoms with E-state index in [4.69, 9.17) is 22.1 Å². The number of benzene rings is 1. The maximum atomic E-state index is 5.90. The van der Waals surface area contributed by atoms with E-state index in [1.807, 2.05) is 23.6 Å². The van der Waals surface area contributed by atoms with Gasteiger partial charge in [-0.25, -0.2) is 0 Å². The first-order chi connectivity index (χ1) is 8.19. The fourth-order valence-corrected chi connectivity index (χ4v) is 2.98. The number of thiophene rings is 1. The molecule has 0 saturated heterocycles. The van der Waals surface area contributed by atoms with Gasteiger partial charge in [-0.2, -0.15) is 0 Å². The van der Waals surface area contributed by atoms with Gasteiger partial charge < -0.3 is 10.5 Å². The van der Waals surface area contributed by atoms with Crippen LogP contribution in [0.3, 0.4) is 0 Å². The summed E-state index contributed by atoms with van der Waals surface area (Å²) in [7, 11) is 0. The highest BCUT2D eigenvalue weighted by Crippen LogP contribution is 2.25. The molecule has 0 atom stereocenters. The second-order valence-electron chi connectivity index (χ2n) is 3.48. The van der Waals surface area contributed by atoms with Crippen molar-refractivity contribution in [2.24, 2.45) is 5.73 Å². The zero-order chi connectivity index (χ0) is 12.3. The highest BCUT2D eigenvalue weighted by atomic mass is 79.9. The zero-order valence-corrected chi connectivity index (χ0v) is 12.1. The number of hydrogen-bond acceptors (Lipinski definition) is 3. The summed E-state index contributed by atoms with van der Waals surface area (Å²) in [5.41, 5.74) is 6.57. The Kier molecular flexibility index (Phi) is 4.45. The molecule has 2 aromatic rings. The highest BCUT2D eigenvalue weighted by molar-refractivity contribution is 9.10. The lowest BCUT2D eigenvalue weighted by Crippen LogP contribution is -2.02. The number of nitrogens with two attached hydrogens (primary N) is 1. The number of rotatable bonds is 4. The molecule has 0 bridgehead atoms. The summed E-state index contributed by atoms with van der Waals surface area (Å²) in [5, 5.41) is 2.71. The molecule has 1 heterocycles. The standard InChI is InChI=1S/C12H11BrClNOS/c13-9-4-11(17-7-9)6-16-12-2-1-10(14)3-8(12)5-15/h1-4,7H,5-6,15H2. The molecule has 17 heavy (non-hydrogen) atoms. The van der Waals surface area contributed by atoms with Crippen molar-refractivity contribution >= 4 is 38.9 Å². The molecule has 0 aliphatic carbocycles. The minimum absolute atomic E-state index is 0.421. The Morgan fingerprint density at radius 2 is 2.18 bits per heavy atom. The predicted octanol–water partition coefficient (Wildman–Crippen LogP) is 4.20. The van der Waals surface area contributed by atoms with Crippen molar-refractivity contribution in [2.45, 2.75) is 13.2 Å². The molecule has 5 heteroatoms. The first-order valence-corrected chi connectivity index (χ1v) is 7.08. The van der Waals surface area contributed by atoms with E-state index in [9.17, 15) is 0 Å². The van der Waals surface area contributed by atoms with Gasteiger partial charge in [0.05, 0.1) is 0 Å². The SMILES string of the molecule is NCc1cc(Cl)ccc1OCc1cc(Br)cs1. The van der Waals surface area contributed by atoms with Crippen LogP contribution < -0.4 is 10.5 Å². The third-order valence-electron chi connectivity index (χ3n) is 2.23. The van der Waals surface area contributed by atoms with Crippen LogP contribution in [0.2, 0.25) is 5.02 Å². The molecule has 0 aliphatic rings. The van der Waals surface area contributed by atoms with E-state index in [1.165, 1.54) is 0 Å². The summed E-state index contributed by atoms with van der Waals surface area (Å²) >= 11 is 11.0. The molecular formula is C12H11BrClNOS. The van der Waals surface area contributed by atoms with Gasteiger partial charge in [-0.05, 0) is 40.2 Å². The van der Waals surface area contributed by atoms with Crippen LogP contribution in [0.5, 0.6) is 5.75 Å². The fourth-order valence-electron chi connectivity index (χ4n) is 1.43. The quantitative estimate of drug-likeness (QED) is 0.910. The minimum atomic E-state index is 0.421. The van der Waals surface area contributed by atoms with Crippen LogP contribution in [-0.2, 0) is 13.2 Å². The Hall–Kier alpha value is -0.550. The van der Waals surface area contributed by atoms with E-state index < -0.39 is 0 Å². The summed E-state index contributed by atoms with van der Waals surface area (Å²) in [4.78, 5) is 1.16. The Morgan fingerprint density at radius 1 is 1.35 bits per heavy atom. The molecule has 2 rings (SSSR count). The van der Waals surface area contributed by atoms with Gasteiger partial charge in [-0.15, -0.1) is 11.3 Å². The average molecular weight is 333 g/mol. The monoisotopic (exact) mass is 331 g/mol. The van der Waals surface area contributed by atoms with E-state index >= 15 is 0 Å². The summed E-state index contributed by atoms with van der Waals surface area (Å²) in [6, 6.07) is 7.54. The van der Waals surface area contributed by atoms with Crippen molar-refractivity contribution in [3.63, 3.8) is 0 Å². The lowest BCUT2D eigenvalue weighted by atomic mass is 10.2. The molecule has 0 saturated carbocycles. The van der Waals surface area contributed by atoms with Gasteiger partial charge in [0.2, 0.25) is 0 Å². The molecule has 90 valence electrons. The molecule has 0 fully saturated rings. The maximum absolute atomic E-state index is 5.90. The highest BCUT2D eigenvalue weighted by Gasteiger charge is 2.04. The van der Waals surface area contributed by atoms with Gasteiger partial charge in [0.1, 0.15) is 12.4 Å². The van der Waals surface area contributed by atoms with Gasteiger partial charge in [-0.1, -0.05) is 11.6 Å². The van der Waals surface area contributed by atoms with E-state index in [0.29, 0.717) is 18.2 Å². The van der Waals surface area contributed by atoms with E-state index in [1.54, 1.807) is 17.4 Å². The van der Waals surface area contributed by atoms with Crippen molar-refractivity contribution in [1.82, 2.24) is 0 Å². The molecular weight excluding hydrogens is 322 g/mol. The van der Waals surface area contributed by atoms with Gasteiger partial charge >= 0.3 is 0 Å². The zero-order valence-electron chi connectivity index (χ0n) is 8.95.